The highest BCUT2D eigenvalue weighted by Gasteiger charge is 2.23. The number of rotatable bonds is 5. The van der Waals surface area contributed by atoms with Gasteiger partial charge in [0.25, 0.3) is 0 Å². The molecule has 0 radical (unpaired) electrons. The second-order valence-corrected chi connectivity index (χ2v) is 8.47. The lowest BCUT2D eigenvalue weighted by Gasteiger charge is -2.12. The smallest absolute Gasteiger partial charge is 0.211 e. The number of hydrogen-bond donors (Lipinski definition) is 1. The molecule has 1 fully saturated rings. The molecule has 1 aromatic carbocycles. The van der Waals surface area contributed by atoms with E-state index in [1.165, 1.54) is 37.8 Å². The molecule has 0 unspecified atom stereocenters. The molecule has 0 bridgehead atoms. The first-order valence-corrected chi connectivity index (χ1v) is 9.57. The highest BCUT2D eigenvalue weighted by atomic mass is 79.9. The van der Waals surface area contributed by atoms with E-state index < -0.39 is 10.0 Å². The van der Waals surface area contributed by atoms with Gasteiger partial charge in [0, 0.05) is 11.0 Å². The average molecular weight is 401 g/mol. The van der Waals surface area contributed by atoms with Crippen LogP contribution in [-0.2, 0) is 10.0 Å². The van der Waals surface area contributed by atoms with Gasteiger partial charge in [-0.15, -0.1) is 0 Å². The third-order valence-electron chi connectivity index (χ3n) is 3.55. The van der Waals surface area contributed by atoms with E-state index in [1.54, 1.807) is 0 Å². The van der Waals surface area contributed by atoms with E-state index in [0.717, 1.165) is 6.42 Å². The minimum atomic E-state index is -3.66. The molecule has 112 valence electrons. The molecule has 1 N–H and O–H groups in total. The predicted molar refractivity (Wildman–Crippen MR) is 85.9 cm³/mol. The Kier molecular flexibility index (Phi) is 5.77. The van der Waals surface area contributed by atoms with Crippen molar-refractivity contribution in [3.8, 4) is 0 Å². The van der Waals surface area contributed by atoms with Crippen LogP contribution in [0.2, 0.25) is 10.0 Å². The van der Waals surface area contributed by atoms with Gasteiger partial charge in [-0.3, -0.25) is 0 Å². The normalized spacial score (nSPS) is 16.8. The maximum Gasteiger partial charge on any atom is 0.243 e. The Hall–Kier alpha value is 0.190. The van der Waals surface area contributed by atoms with Crippen LogP contribution in [0.15, 0.2) is 21.5 Å². The van der Waals surface area contributed by atoms with Crippen molar-refractivity contribution in [3.63, 3.8) is 0 Å². The maximum absolute atomic E-state index is 12.3. The van der Waals surface area contributed by atoms with Crippen molar-refractivity contribution in [2.45, 2.75) is 37.0 Å². The van der Waals surface area contributed by atoms with Gasteiger partial charge in [0.15, 0.2) is 0 Å². The van der Waals surface area contributed by atoms with Crippen molar-refractivity contribution in [1.82, 2.24) is 4.72 Å². The molecular weight excluding hydrogens is 385 g/mol. The third kappa shape index (κ3) is 4.10. The van der Waals surface area contributed by atoms with Crippen LogP contribution in [0.3, 0.4) is 0 Å². The molecule has 1 aromatic rings. The van der Waals surface area contributed by atoms with Crippen molar-refractivity contribution in [3.05, 3.63) is 26.7 Å². The quantitative estimate of drug-likeness (QED) is 0.783. The zero-order valence-electron chi connectivity index (χ0n) is 10.8. The molecule has 0 amide bonds. The van der Waals surface area contributed by atoms with Crippen LogP contribution in [0.25, 0.3) is 0 Å². The van der Waals surface area contributed by atoms with Gasteiger partial charge in [-0.05, 0) is 24.5 Å². The fourth-order valence-electron chi connectivity index (χ4n) is 2.55. The van der Waals surface area contributed by atoms with Crippen LogP contribution in [0, 0.1) is 5.92 Å². The van der Waals surface area contributed by atoms with Gasteiger partial charge in [-0.2, -0.15) is 0 Å². The molecule has 0 spiro atoms. The Morgan fingerprint density at radius 3 is 2.30 bits per heavy atom. The van der Waals surface area contributed by atoms with Crippen LogP contribution in [0.1, 0.15) is 32.1 Å². The maximum atomic E-state index is 12.3. The van der Waals surface area contributed by atoms with Gasteiger partial charge in [-0.1, -0.05) is 64.8 Å². The van der Waals surface area contributed by atoms with Crippen molar-refractivity contribution < 1.29 is 8.42 Å². The first-order chi connectivity index (χ1) is 9.40. The van der Waals surface area contributed by atoms with Gasteiger partial charge < -0.3 is 0 Å². The van der Waals surface area contributed by atoms with Gasteiger partial charge in [-0.25, -0.2) is 13.1 Å². The second kappa shape index (κ2) is 6.97. The summed E-state index contributed by atoms with van der Waals surface area (Å²) in [6.45, 7) is 0.426. The highest BCUT2D eigenvalue weighted by Crippen LogP contribution is 2.33. The zero-order valence-corrected chi connectivity index (χ0v) is 14.7. The molecule has 0 aromatic heterocycles. The van der Waals surface area contributed by atoms with E-state index in [-0.39, 0.29) is 14.9 Å². The minimum absolute atomic E-state index is 0.0459. The van der Waals surface area contributed by atoms with Crippen molar-refractivity contribution in [1.29, 1.82) is 0 Å². The summed E-state index contributed by atoms with van der Waals surface area (Å²) in [7, 11) is -3.66. The van der Waals surface area contributed by atoms with E-state index in [9.17, 15) is 8.42 Å². The van der Waals surface area contributed by atoms with Crippen LogP contribution in [0.4, 0.5) is 0 Å². The molecule has 2 rings (SSSR count). The summed E-state index contributed by atoms with van der Waals surface area (Å²) < 4.78 is 27.8. The standard InChI is InChI=1S/C13H16BrCl2NO2S/c14-10-7-11(15)13(12(16)8-10)20(18,19)17-6-5-9-3-1-2-4-9/h7-9,17H,1-6H2. The Morgan fingerprint density at radius 1 is 1.20 bits per heavy atom. The van der Waals surface area contributed by atoms with E-state index in [4.69, 9.17) is 23.2 Å². The number of hydrogen-bond acceptors (Lipinski definition) is 2. The third-order valence-corrected chi connectivity index (χ3v) is 6.39. The number of benzene rings is 1. The molecule has 1 saturated carbocycles. The summed E-state index contributed by atoms with van der Waals surface area (Å²) in [6, 6.07) is 3.05. The van der Waals surface area contributed by atoms with E-state index in [0.29, 0.717) is 16.9 Å². The van der Waals surface area contributed by atoms with Crippen LogP contribution < -0.4 is 4.72 Å². The lowest BCUT2D eigenvalue weighted by molar-refractivity contribution is 0.495. The zero-order chi connectivity index (χ0) is 14.8. The van der Waals surface area contributed by atoms with Gasteiger partial charge >= 0.3 is 0 Å². The Morgan fingerprint density at radius 2 is 1.75 bits per heavy atom. The van der Waals surface area contributed by atoms with Crippen molar-refractivity contribution in [2.75, 3.05) is 6.54 Å². The molecule has 1 aliphatic carbocycles. The highest BCUT2D eigenvalue weighted by molar-refractivity contribution is 9.10. The largest absolute Gasteiger partial charge is 0.243 e. The summed E-state index contributed by atoms with van der Waals surface area (Å²) in [5, 5.41) is 0.246. The predicted octanol–water partition coefficient (Wildman–Crippen LogP) is 4.61. The number of halogens is 3. The molecule has 0 heterocycles. The van der Waals surface area contributed by atoms with Crippen molar-refractivity contribution in [2.24, 2.45) is 5.92 Å². The number of sulfonamides is 1. The summed E-state index contributed by atoms with van der Waals surface area (Å²) in [5.74, 6) is 0.633. The van der Waals surface area contributed by atoms with Crippen LogP contribution in [-0.4, -0.2) is 15.0 Å². The lowest BCUT2D eigenvalue weighted by Crippen LogP contribution is -2.26. The SMILES string of the molecule is O=S(=O)(NCCC1CCCC1)c1c(Cl)cc(Br)cc1Cl. The monoisotopic (exact) mass is 399 g/mol. The second-order valence-electron chi connectivity index (χ2n) is 5.04. The van der Waals surface area contributed by atoms with E-state index in [1.807, 2.05) is 0 Å². The lowest BCUT2D eigenvalue weighted by atomic mass is 10.1. The fraction of sp³-hybridized carbons (Fsp3) is 0.538. The fourth-order valence-corrected chi connectivity index (χ4v) is 5.53. The first-order valence-electron chi connectivity index (χ1n) is 6.54. The van der Waals surface area contributed by atoms with Gasteiger partial charge in [0.2, 0.25) is 10.0 Å². The summed E-state index contributed by atoms with van der Waals surface area (Å²) >= 11 is 15.2. The molecule has 3 nitrogen and oxygen atoms in total. The topological polar surface area (TPSA) is 46.2 Å². The van der Waals surface area contributed by atoms with E-state index in [2.05, 4.69) is 20.7 Å². The Balaban J connectivity index is 2.06. The number of nitrogens with one attached hydrogen (secondary N) is 1. The molecule has 0 atom stereocenters. The Labute approximate surface area is 138 Å². The summed E-state index contributed by atoms with van der Waals surface area (Å²) in [5.41, 5.74) is 0. The molecule has 1 aliphatic rings. The molecule has 0 saturated heterocycles. The average Bonchev–Trinajstić information content (AvgIpc) is 2.79. The van der Waals surface area contributed by atoms with Gasteiger partial charge in [0.05, 0.1) is 10.0 Å². The van der Waals surface area contributed by atoms with Crippen LogP contribution in [0.5, 0.6) is 0 Å². The first kappa shape index (κ1) is 16.6. The summed E-state index contributed by atoms with van der Waals surface area (Å²) in [4.78, 5) is -0.0459. The Bertz CT molecular complexity index is 563. The van der Waals surface area contributed by atoms with Crippen molar-refractivity contribution >= 4 is 49.2 Å². The molecule has 7 heteroatoms. The molecule has 20 heavy (non-hydrogen) atoms. The minimum Gasteiger partial charge on any atom is -0.211 e. The van der Waals surface area contributed by atoms with Crippen LogP contribution >= 0.6 is 39.1 Å². The van der Waals surface area contributed by atoms with E-state index >= 15 is 0 Å². The molecular formula is C13H16BrCl2NO2S. The molecule has 0 aliphatic heterocycles. The summed E-state index contributed by atoms with van der Waals surface area (Å²) in [6.07, 6.45) is 5.76. The van der Waals surface area contributed by atoms with Gasteiger partial charge in [0.1, 0.15) is 4.90 Å².